The minimum atomic E-state index is -1.07. The lowest BCUT2D eigenvalue weighted by atomic mass is 10.1. The van der Waals surface area contributed by atoms with Crippen LogP contribution in [-0.4, -0.2) is 18.4 Å². The van der Waals surface area contributed by atoms with E-state index in [1.54, 1.807) is 19.1 Å². The highest BCUT2D eigenvalue weighted by atomic mass is 19.2. The van der Waals surface area contributed by atoms with Crippen molar-refractivity contribution < 1.29 is 22.8 Å². The van der Waals surface area contributed by atoms with Crippen molar-refractivity contribution in [3.05, 3.63) is 65.4 Å². The molecule has 2 N–H and O–H groups in total. The van der Waals surface area contributed by atoms with Gasteiger partial charge in [-0.2, -0.15) is 0 Å². The number of hydrogen-bond donors (Lipinski definition) is 2. The van der Waals surface area contributed by atoms with Gasteiger partial charge in [-0.05, 0) is 25.1 Å². The molecule has 0 unspecified atom stereocenters. The summed E-state index contributed by atoms with van der Waals surface area (Å²) in [4.78, 5) is 24.0. The number of para-hydroxylation sites is 1. The number of halogens is 2. The zero-order valence-electron chi connectivity index (χ0n) is 13.2. The lowest BCUT2D eigenvalue weighted by Crippen LogP contribution is -2.33. The number of hydrogen-bond acceptors (Lipinski definition) is 3. The normalized spacial score (nSPS) is 10.7. The molecule has 2 aromatic carbocycles. The van der Waals surface area contributed by atoms with Crippen molar-refractivity contribution >= 4 is 28.5 Å². The molecular formula is C18H14F2N2O3. The summed E-state index contributed by atoms with van der Waals surface area (Å²) in [5, 5.41) is 5.62. The van der Waals surface area contributed by atoms with Gasteiger partial charge >= 0.3 is 0 Å². The van der Waals surface area contributed by atoms with Crippen LogP contribution in [0.1, 0.15) is 16.1 Å². The second-order valence-corrected chi connectivity index (χ2v) is 5.41. The van der Waals surface area contributed by atoms with E-state index in [1.807, 2.05) is 12.1 Å². The summed E-state index contributed by atoms with van der Waals surface area (Å²) in [6.07, 6.45) is 0. The van der Waals surface area contributed by atoms with Gasteiger partial charge in [-0.15, -0.1) is 0 Å². The molecule has 0 aliphatic carbocycles. The molecule has 1 aromatic heterocycles. The molecule has 0 spiro atoms. The molecule has 0 fully saturated rings. The van der Waals surface area contributed by atoms with Crippen molar-refractivity contribution in [3.8, 4) is 0 Å². The summed E-state index contributed by atoms with van der Waals surface area (Å²) in [5.74, 6) is -3.06. The fourth-order valence-electron chi connectivity index (χ4n) is 2.41. The number of benzene rings is 2. The summed E-state index contributed by atoms with van der Waals surface area (Å²) in [6, 6.07) is 10.2. The van der Waals surface area contributed by atoms with Gasteiger partial charge in [0.15, 0.2) is 17.4 Å². The predicted molar refractivity (Wildman–Crippen MR) is 88.3 cm³/mol. The molecule has 0 saturated carbocycles. The van der Waals surface area contributed by atoms with E-state index >= 15 is 0 Å². The standard InChI is InChI=1S/C18H14F2N2O3/c1-10-12-4-2-3-5-15(12)25-17(10)18(24)21-9-16(23)22-11-6-7-13(19)14(20)8-11/h2-8H,9H2,1H3,(H,21,24)(H,22,23). The van der Waals surface area contributed by atoms with E-state index in [9.17, 15) is 18.4 Å². The van der Waals surface area contributed by atoms with Gasteiger partial charge in [0.2, 0.25) is 5.91 Å². The maximum Gasteiger partial charge on any atom is 0.287 e. The highest BCUT2D eigenvalue weighted by Gasteiger charge is 2.18. The number of fused-ring (bicyclic) bond motifs is 1. The first-order valence-corrected chi connectivity index (χ1v) is 7.47. The van der Waals surface area contributed by atoms with Gasteiger partial charge in [0, 0.05) is 22.7 Å². The zero-order valence-corrected chi connectivity index (χ0v) is 13.2. The number of anilines is 1. The molecule has 25 heavy (non-hydrogen) atoms. The molecule has 128 valence electrons. The van der Waals surface area contributed by atoms with Crippen LogP contribution in [0.15, 0.2) is 46.9 Å². The first kappa shape index (κ1) is 16.6. The fraction of sp³-hybridized carbons (Fsp3) is 0.111. The van der Waals surface area contributed by atoms with Crippen molar-refractivity contribution in [2.75, 3.05) is 11.9 Å². The number of carbonyl (C=O) groups excluding carboxylic acids is 2. The molecule has 0 radical (unpaired) electrons. The maximum atomic E-state index is 13.1. The molecule has 3 rings (SSSR count). The first-order chi connectivity index (χ1) is 12.0. The van der Waals surface area contributed by atoms with Crippen molar-refractivity contribution in [1.29, 1.82) is 0 Å². The Labute approximate surface area is 141 Å². The van der Waals surface area contributed by atoms with Gasteiger partial charge in [0.25, 0.3) is 5.91 Å². The first-order valence-electron chi connectivity index (χ1n) is 7.47. The largest absolute Gasteiger partial charge is 0.451 e. The summed E-state index contributed by atoms with van der Waals surface area (Å²) in [6.45, 7) is 1.41. The third kappa shape index (κ3) is 3.50. The number of aryl methyl sites for hydroxylation is 1. The van der Waals surface area contributed by atoms with E-state index in [1.165, 1.54) is 6.07 Å². The van der Waals surface area contributed by atoms with E-state index < -0.39 is 23.4 Å². The SMILES string of the molecule is Cc1c(C(=O)NCC(=O)Nc2ccc(F)c(F)c2)oc2ccccc12. The van der Waals surface area contributed by atoms with Gasteiger partial charge in [-0.1, -0.05) is 18.2 Å². The molecule has 0 saturated heterocycles. The van der Waals surface area contributed by atoms with Crippen LogP contribution >= 0.6 is 0 Å². The van der Waals surface area contributed by atoms with Gasteiger partial charge in [-0.25, -0.2) is 8.78 Å². The Morgan fingerprint density at radius 2 is 1.84 bits per heavy atom. The molecule has 0 aliphatic heterocycles. The molecule has 2 amide bonds. The molecule has 3 aromatic rings. The van der Waals surface area contributed by atoms with Crippen LogP contribution < -0.4 is 10.6 Å². The minimum Gasteiger partial charge on any atom is -0.451 e. The van der Waals surface area contributed by atoms with Crippen molar-refractivity contribution in [1.82, 2.24) is 5.32 Å². The van der Waals surface area contributed by atoms with Gasteiger partial charge in [-0.3, -0.25) is 9.59 Å². The van der Waals surface area contributed by atoms with E-state index in [2.05, 4.69) is 10.6 Å². The van der Waals surface area contributed by atoms with Crippen molar-refractivity contribution in [2.24, 2.45) is 0 Å². The van der Waals surface area contributed by atoms with Crippen molar-refractivity contribution in [2.45, 2.75) is 6.92 Å². The lowest BCUT2D eigenvalue weighted by Gasteiger charge is -2.06. The summed E-state index contributed by atoms with van der Waals surface area (Å²) < 4.78 is 31.5. The van der Waals surface area contributed by atoms with Crippen LogP contribution in [0.3, 0.4) is 0 Å². The smallest absolute Gasteiger partial charge is 0.287 e. The zero-order chi connectivity index (χ0) is 18.0. The molecule has 5 nitrogen and oxygen atoms in total. The van der Waals surface area contributed by atoms with E-state index in [0.717, 1.165) is 17.5 Å². The Morgan fingerprint density at radius 3 is 2.56 bits per heavy atom. The molecule has 7 heteroatoms. The van der Waals surface area contributed by atoms with Gasteiger partial charge in [0.05, 0.1) is 6.54 Å². The summed E-state index contributed by atoms with van der Waals surface area (Å²) >= 11 is 0. The van der Waals surface area contributed by atoms with E-state index in [4.69, 9.17) is 4.42 Å². The summed E-state index contributed by atoms with van der Waals surface area (Å²) in [7, 11) is 0. The van der Waals surface area contributed by atoms with E-state index in [-0.39, 0.29) is 18.0 Å². The lowest BCUT2D eigenvalue weighted by molar-refractivity contribution is -0.115. The Kier molecular flexibility index (Phi) is 4.47. The Morgan fingerprint density at radius 1 is 1.08 bits per heavy atom. The van der Waals surface area contributed by atoms with Crippen LogP contribution in [0.5, 0.6) is 0 Å². The monoisotopic (exact) mass is 344 g/mol. The third-order valence-corrected chi connectivity index (χ3v) is 3.66. The number of nitrogens with one attached hydrogen (secondary N) is 2. The Balaban J connectivity index is 1.64. The Hall–Kier alpha value is -3.22. The van der Waals surface area contributed by atoms with Crippen LogP contribution in [0, 0.1) is 18.6 Å². The minimum absolute atomic E-state index is 0.0954. The van der Waals surface area contributed by atoms with Gasteiger partial charge < -0.3 is 15.1 Å². The second-order valence-electron chi connectivity index (χ2n) is 5.41. The van der Waals surface area contributed by atoms with Crippen molar-refractivity contribution in [3.63, 3.8) is 0 Å². The average molecular weight is 344 g/mol. The van der Waals surface area contributed by atoms with Crippen LogP contribution in [0.4, 0.5) is 14.5 Å². The summed E-state index contributed by atoms with van der Waals surface area (Å²) in [5.41, 5.74) is 1.35. The highest BCUT2D eigenvalue weighted by molar-refractivity contribution is 6.01. The number of carbonyl (C=O) groups is 2. The molecule has 0 bridgehead atoms. The number of amides is 2. The fourth-order valence-corrected chi connectivity index (χ4v) is 2.41. The van der Waals surface area contributed by atoms with Crippen LogP contribution in [0.2, 0.25) is 0 Å². The molecule has 0 aliphatic rings. The predicted octanol–water partition coefficient (Wildman–Crippen LogP) is 3.39. The third-order valence-electron chi connectivity index (χ3n) is 3.66. The highest BCUT2D eigenvalue weighted by Crippen LogP contribution is 2.24. The second kappa shape index (κ2) is 6.72. The van der Waals surface area contributed by atoms with E-state index in [0.29, 0.717) is 11.1 Å². The maximum absolute atomic E-state index is 13.1. The van der Waals surface area contributed by atoms with Gasteiger partial charge in [0.1, 0.15) is 5.58 Å². The average Bonchev–Trinajstić information content (AvgIpc) is 2.93. The Bertz CT molecular complexity index is 966. The topological polar surface area (TPSA) is 71.3 Å². The molecule has 1 heterocycles. The molecule has 0 atom stereocenters. The number of rotatable bonds is 4. The molecular weight excluding hydrogens is 330 g/mol. The quantitative estimate of drug-likeness (QED) is 0.762. The number of furan rings is 1. The van der Waals surface area contributed by atoms with Crippen LogP contribution in [-0.2, 0) is 4.79 Å². The van der Waals surface area contributed by atoms with Crippen LogP contribution in [0.25, 0.3) is 11.0 Å².